The van der Waals surface area contributed by atoms with Crippen LogP contribution in [0.15, 0.2) is 96.3 Å². The highest BCUT2D eigenvalue weighted by Crippen LogP contribution is 2.43. The first kappa shape index (κ1) is 21.8. The smallest absolute Gasteiger partial charge is 0.294 e. The van der Waals surface area contributed by atoms with Crippen LogP contribution in [-0.4, -0.2) is 21.8 Å². The molecule has 5 nitrogen and oxygen atoms in total. The van der Waals surface area contributed by atoms with Crippen LogP contribution < -0.4 is 4.90 Å². The molecule has 5 rings (SSSR count). The molecule has 1 N–H and O–H groups in total. The number of Topliss-reactive ketones (excluding diaryl/α,β-unsaturated/α-hetero) is 1. The van der Waals surface area contributed by atoms with Crippen LogP contribution in [0.4, 0.5) is 5.69 Å². The quantitative estimate of drug-likeness (QED) is 0.355. The summed E-state index contributed by atoms with van der Waals surface area (Å²) in [5, 5.41) is 11.7. The van der Waals surface area contributed by atoms with Crippen LogP contribution in [0, 0.1) is 13.8 Å². The maximum absolute atomic E-state index is 13.9. The Bertz CT molecular complexity index is 1410. The number of anilines is 1. The van der Waals surface area contributed by atoms with E-state index in [1.54, 1.807) is 6.92 Å². The van der Waals surface area contributed by atoms with Crippen LogP contribution in [0.3, 0.4) is 0 Å². The van der Waals surface area contributed by atoms with Crippen molar-refractivity contribution in [2.45, 2.75) is 19.9 Å². The van der Waals surface area contributed by atoms with E-state index in [2.05, 4.69) is 4.98 Å². The summed E-state index contributed by atoms with van der Waals surface area (Å²) in [5.74, 6) is -1.49. The Labute approximate surface area is 201 Å². The van der Waals surface area contributed by atoms with Gasteiger partial charge in [-0.1, -0.05) is 78.4 Å². The summed E-state index contributed by atoms with van der Waals surface area (Å²) in [6, 6.07) is 25.7. The van der Waals surface area contributed by atoms with Crippen molar-refractivity contribution < 1.29 is 14.7 Å². The summed E-state index contributed by atoms with van der Waals surface area (Å²) < 4.78 is 0. The lowest BCUT2D eigenvalue weighted by Gasteiger charge is -2.27. The monoisotopic (exact) mass is 466 g/mol. The minimum absolute atomic E-state index is 0.0723. The number of benzene rings is 3. The normalized spacial score (nSPS) is 15.8. The van der Waals surface area contributed by atoms with E-state index in [4.69, 9.17) is 0 Å². The van der Waals surface area contributed by atoms with Crippen molar-refractivity contribution in [2.75, 3.05) is 4.90 Å². The summed E-state index contributed by atoms with van der Waals surface area (Å²) in [4.78, 5) is 33.6. The Morgan fingerprint density at radius 2 is 1.53 bits per heavy atom. The molecule has 0 bridgehead atoms. The maximum Gasteiger partial charge on any atom is 0.294 e. The van der Waals surface area contributed by atoms with Gasteiger partial charge < -0.3 is 5.11 Å². The fourth-order valence-electron chi connectivity index (χ4n) is 4.19. The molecule has 1 unspecified atom stereocenters. The fourth-order valence-corrected chi connectivity index (χ4v) is 5.22. The number of thiazole rings is 1. The molecule has 3 aromatic carbocycles. The van der Waals surface area contributed by atoms with Gasteiger partial charge in [0.15, 0.2) is 5.76 Å². The topological polar surface area (TPSA) is 70.5 Å². The third-order valence-corrected chi connectivity index (χ3v) is 7.11. The number of carbonyl (C=O) groups excluding carboxylic acids is 2. The van der Waals surface area contributed by atoms with Gasteiger partial charge in [-0.25, -0.2) is 4.98 Å². The van der Waals surface area contributed by atoms with E-state index in [9.17, 15) is 14.7 Å². The van der Waals surface area contributed by atoms with Gasteiger partial charge in [-0.05, 0) is 31.5 Å². The Balaban J connectivity index is 1.62. The Hall–Kier alpha value is -4.03. The minimum Gasteiger partial charge on any atom is -0.503 e. The van der Waals surface area contributed by atoms with Gasteiger partial charge in [0.1, 0.15) is 5.01 Å². The molecule has 1 atom stereocenters. The lowest BCUT2D eigenvalue weighted by atomic mass is 9.95. The van der Waals surface area contributed by atoms with Crippen molar-refractivity contribution >= 4 is 28.7 Å². The van der Waals surface area contributed by atoms with E-state index in [0.717, 1.165) is 21.7 Å². The largest absolute Gasteiger partial charge is 0.503 e. The molecule has 0 radical (unpaired) electrons. The van der Waals surface area contributed by atoms with Crippen LogP contribution >= 0.6 is 11.3 Å². The lowest BCUT2D eigenvalue weighted by Crippen LogP contribution is -2.31. The molecule has 1 aromatic heterocycles. The zero-order chi connectivity index (χ0) is 23.8. The minimum atomic E-state index is -0.745. The zero-order valence-electron chi connectivity index (χ0n) is 18.7. The summed E-state index contributed by atoms with van der Waals surface area (Å²) in [6.07, 6.45) is 0. The van der Waals surface area contributed by atoms with Crippen LogP contribution in [-0.2, 0) is 4.79 Å². The van der Waals surface area contributed by atoms with Crippen molar-refractivity contribution in [1.82, 2.24) is 4.98 Å². The molecule has 34 heavy (non-hydrogen) atoms. The molecule has 0 saturated heterocycles. The van der Waals surface area contributed by atoms with Gasteiger partial charge in [-0.2, -0.15) is 0 Å². The van der Waals surface area contributed by atoms with Gasteiger partial charge in [-0.15, -0.1) is 11.3 Å². The molecule has 1 amide bonds. The number of hydrogen-bond acceptors (Lipinski definition) is 5. The summed E-state index contributed by atoms with van der Waals surface area (Å²) >= 11 is 1.27. The number of hydrogen-bond donors (Lipinski definition) is 1. The Morgan fingerprint density at radius 1 is 0.912 bits per heavy atom. The maximum atomic E-state index is 13.9. The summed E-state index contributed by atoms with van der Waals surface area (Å²) in [7, 11) is 0. The second kappa shape index (κ2) is 8.72. The van der Waals surface area contributed by atoms with Crippen molar-refractivity contribution in [3.05, 3.63) is 118 Å². The van der Waals surface area contributed by atoms with Gasteiger partial charge in [0.05, 0.1) is 22.2 Å². The van der Waals surface area contributed by atoms with E-state index < -0.39 is 17.7 Å². The van der Waals surface area contributed by atoms with Crippen molar-refractivity contribution in [3.8, 4) is 10.6 Å². The first-order valence-corrected chi connectivity index (χ1v) is 11.7. The highest BCUT2D eigenvalue weighted by molar-refractivity contribution is 7.17. The fraction of sp³-hybridized carbons (Fsp3) is 0.107. The van der Waals surface area contributed by atoms with E-state index in [1.807, 2.05) is 91.9 Å². The molecule has 2 heterocycles. The molecule has 1 aliphatic rings. The van der Waals surface area contributed by atoms with Crippen LogP contribution in [0.5, 0.6) is 0 Å². The molecule has 0 aliphatic carbocycles. The molecule has 4 aromatic rings. The van der Waals surface area contributed by atoms with Crippen LogP contribution in [0.2, 0.25) is 0 Å². The number of rotatable bonds is 5. The van der Waals surface area contributed by atoms with Gasteiger partial charge in [-0.3, -0.25) is 14.5 Å². The standard InChI is InChI=1S/C28H22N2O3S/c1-17-13-15-21(16-14-17)30-23(19-9-5-3-6-10-19)22(25(32)28(30)33)24(31)26-18(2)29-27(34-26)20-11-7-4-8-12-20/h3-16,23,32H,1-2H3. The second-order valence-electron chi connectivity index (χ2n) is 8.21. The number of aliphatic hydroxyl groups excluding tert-OH is 1. The van der Waals surface area contributed by atoms with E-state index in [0.29, 0.717) is 16.3 Å². The predicted molar refractivity (Wildman–Crippen MR) is 134 cm³/mol. The molecule has 6 heteroatoms. The summed E-state index contributed by atoms with van der Waals surface area (Å²) in [5.41, 5.74) is 3.97. The zero-order valence-corrected chi connectivity index (χ0v) is 19.5. The lowest BCUT2D eigenvalue weighted by molar-refractivity contribution is -0.117. The van der Waals surface area contributed by atoms with Crippen molar-refractivity contribution in [2.24, 2.45) is 0 Å². The highest BCUT2D eigenvalue weighted by Gasteiger charge is 2.45. The van der Waals surface area contributed by atoms with Gasteiger partial charge in [0, 0.05) is 11.3 Å². The Kier molecular flexibility index (Phi) is 5.59. The highest BCUT2D eigenvalue weighted by atomic mass is 32.1. The first-order valence-electron chi connectivity index (χ1n) is 10.9. The molecule has 0 fully saturated rings. The molecular formula is C28H22N2O3S. The summed E-state index contributed by atoms with van der Waals surface area (Å²) in [6.45, 7) is 3.74. The number of ketones is 1. The third-order valence-electron chi connectivity index (χ3n) is 5.90. The number of aromatic nitrogens is 1. The molecule has 168 valence electrons. The van der Waals surface area contributed by atoms with Gasteiger partial charge in [0.25, 0.3) is 5.91 Å². The average molecular weight is 467 g/mol. The molecule has 0 saturated carbocycles. The number of carbonyl (C=O) groups is 2. The molecule has 1 aliphatic heterocycles. The molecular weight excluding hydrogens is 444 g/mol. The number of aliphatic hydroxyl groups is 1. The van der Waals surface area contributed by atoms with E-state index in [-0.39, 0.29) is 11.4 Å². The molecule has 0 spiro atoms. The van der Waals surface area contributed by atoms with Crippen molar-refractivity contribution in [1.29, 1.82) is 0 Å². The Morgan fingerprint density at radius 3 is 2.18 bits per heavy atom. The average Bonchev–Trinajstić information content (AvgIpc) is 3.38. The number of amides is 1. The number of aryl methyl sites for hydroxylation is 2. The van der Waals surface area contributed by atoms with E-state index in [1.165, 1.54) is 16.2 Å². The first-order chi connectivity index (χ1) is 16.5. The number of nitrogens with zero attached hydrogens (tertiary/aromatic N) is 2. The van der Waals surface area contributed by atoms with Crippen LogP contribution in [0.1, 0.15) is 32.5 Å². The predicted octanol–water partition coefficient (Wildman–Crippen LogP) is 6.21. The van der Waals surface area contributed by atoms with Gasteiger partial charge >= 0.3 is 0 Å². The third kappa shape index (κ3) is 3.72. The SMILES string of the molecule is Cc1ccc(N2C(=O)C(O)=C(C(=O)c3sc(-c4ccccc4)nc3C)C2c2ccccc2)cc1. The van der Waals surface area contributed by atoms with Crippen molar-refractivity contribution in [3.63, 3.8) is 0 Å². The van der Waals surface area contributed by atoms with Crippen LogP contribution in [0.25, 0.3) is 10.6 Å². The van der Waals surface area contributed by atoms with Gasteiger partial charge in [0.2, 0.25) is 5.78 Å². The second-order valence-corrected chi connectivity index (χ2v) is 9.21. The van der Waals surface area contributed by atoms with E-state index >= 15 is 0 Å².